The summed E-state index contributed by atoms with van der Waals surface area (Å²) in [6.07, 6.45) is 12.9. The van der Waals surface area contributed by atoms with Gasteiger partial charge in [0.05, 0.1) is 33.0 Å². The van der Waals surface area contributed by atoms with Gasteiger partial charge in [-0.25, -0.2) is 4.57 Å². The number of aliphatic hydroxyl groups excluding tert-OH is 8. The molecule has 0 aromatic rings. The summed E-state index contributed by atoms with van der Waals surface area (Å²) in [4.78, 5) is 23.8. The third-order valence-electron chi connectivity index (χ3n) is 13.1. The van der Waals surface area contributed by atoms with Gasteiger partial charge < -0.3 is 74.2 Å². The third-order valence-corrected chi connectivity index (χ3v) is 14.1. The van der Waals surface area contributed by atoms with Crippen LogP contribution < -0.4 is 0 Å². The maximum Gasteiger partial charge on any atom is 0.472 e. The second-order valence-electron chi connectivity index (χ2n) is 19.3. The molecule has 2 aliphatic heterocycles. The fraction of sp³-hybridized carbons (Fsp3) is 0.980. The van der Waals surface area contributed by atoms with Gasteiger partial charge in [-0.2, -0.15) is 0 Å². The molecule has 70 heavy (non-hydrogen) atoms. The number of carbonyl (C=O) groups is 1. The largest absolute Gasteiger partial charge is 0.472 e. The quantitative estimate of drug-likeness (QED) is 0.0192. The number of unbranched alkanes of at least 4 members (excludes halogenated alkanes) is 25. The van der Waals surface area contributed by atoms with Crippen LogP contribution >= 0.6 is 7.82 Å². The van der Waals surface area contributed by atoms with Crippen molar-refractivity contribution < 1.29 is 92.6 Å². The molecule has 19 nitrogen and oxygen atoms in total. The van der Waals surface area contributed by atoms with E-state index in [2.05, 4.69) is 13.8 Å². The van der Waals surface area contributed by atoms with Gasteiger partial charge in [-0.05, 0) is 12.8 Å². The first-order valence-electron chi connectivity index (χ1n) is 27.1. The molecule has 2 saturated heterocycles. The molecule has 2 heterocycles. The molecular formula is C50H97O19P. The highest BCUT2D eigenvalue weighted by Crippen LogP contribution is 2.45. The van der Waals surface area contributed by atoms with Crippen molar-refractivity contribution in [2.45, 2.75) is 267 Å². The number of rotatable bonds is 45. The highest BCUT2D eigenvalue weighted by Gasteiger charge is 2.46. The average Bonchev–Trinajstić information content (AvgIpc) is 3.34. The van der Waals surface area contributed by atoms with Crippen molar-refractivity contribution in [1.82, 2.24) is 0 Å². The Morgan fingerprint density at radius 1 is 0.486 bits per heavy atom. The minimum Gasteiger partial charge on any atom is -0.463 e. The fourth-order valence-electron chi connectivity index (χ4n) is 8.56. The first-order valence-corrected chi connectivity index (χ1v) is 28.5. The fourth-order valence-corrected chi connectivity index (χ4v) is 9.47. The van der Waals surface area contributed by atoms with Crippen LogP contribution in [0.4, 0.5) is 0 Å². The van der Waals surface area contributed by atoms with Crippen molar-refractivity contribution in [3.8, 4) is 0 Å². The highest BCUT2D eigenvalue weighted by atomic mass is 31.2. The lowest BCUT2D eigenvalue weighted by molar-refractivity contribution is -0.314. The predicted molar refractivity (Wildman–Crippen MR) is 261 cm³/mol. The smallest absolute Gasteiger partial charge is 0.463 e. The van der Waals surface area contributed by atoms with Crippen molar-refractivity contribution >= 4 is 13.8 Å². The Kier molecular flexibility index (Phi) is 37.6. The lowest BCUT2D eigenvalue weighted by Gasteiger charge is -2.40. The molecule has 0 aromatic heterocycles. The lowest BCUT2D eigenvalue weighted by atomic mass is 9.99. The maximum atomic E-state index is 13.5. The molecule has 0 amide bonds. The molecule has 0 aliphatic carbocycles. The average molecular weight is 1030 g/mol. The van der Waals surface area contributed by atoms with E-state index in [9.17, 15) is 55.1 Å². The van der Waals surface area contributed by atoms with Crippen LogP contribution in [-0.2, 0) is 46.8 Å². The van der Waals surface area contributed by atoms with Gasteiger partial charge in [-0.1, -0.05) is 174 Å². The molecule has 1 unspecified atom stereocenters. The van der Waals surface area contributed by atoms with Gasteiger partial charge in [0, 0.05) is 13.0 Å². The van der Waals surface area contributed by atoms with Gasteiger partial charge >= 0.3 is 13.8 Å². The molecule has 0 spiro atoms. The number of phosphoric ester groups is 1. The van der Waals surface area contributed by atoms with Gasteiger partial charge in [0.1, 0.15) is 67.6 Å². The summed E-state index contributed by atoms with van der Waals surface area (Å²) in [5.74, 6) is -0.424. The number of ether oxygens (including phenoxy) is 6. The van der Waals surface area contributed by atoms with E-state index < -0.39 is 120 Å². The summed E-state index contributed by atoms with van der Waals surface area (Å²) in [5, 5.41) is 81.1. The van der Waals surface area contributed by atoms with Crippen LogP contribution in [0.5, 0.6) is 0 Å². The van der Waals surface area contributed by atoms with Gasteiger partial charge in [0.25, 0.3) is 0 Å². The van der Waals surface area contributed by atoms with Crippen LogP contribution in [0.1, 0.15) is 194 Å². The number of esters is 1. The summed E-state index contributed by atoms with van der Waals surface area (Å²) < 4.78 is 57.7. The van der Waals surface area contributed by atoms with Gasteiger partial charge in [-0.15, -0.1) is 0 Å². The van der Waals surface area contributed by atoms with Crippen molar-refractivity contribution in [3.63, 3.8) is 0 Å². The van der Waals surface area contributed by atoms with Crippen molar-refractivity contribution in [2.75, 3.05) is 46.2 Å². The molecule has 0 saturated carbocycles. The monoisotopic (exact) mass is 1030 g/mol. The van der Waals surface area contributed by atoms with Crippen LogP contribution in [-0.4, -0.2) is 172 Å². The van der Waals surface area contributed by atoms with E-state index in [0.29, 0.717) is 12.8 Å². The molecule has 9 N–H and O–H groups in total. The molecule has 2 fully saturated rings. The highest BCUT2D eigenvalue weighted by molar-refractivity contribution is 7.47. The molecule has 0 bridgehead atoms. The number of aliphatic hydroxyl groups is 8. The summed E-state index contributed by atoms with van der Waals surface area (Å²) in [7, 11) is -5.06. The minimum atomic E-state index is -5.06. The molecule has 12 atom stereocenters. The molecule has 2 rings (SSSR count). The Labute approximate surface area is 418 Å². The first kappa shape index (κ1) is 65.2. The van der Waals surface area contributed by atoms with Crippen molar-refractivity contribution in [1.29, 1.82) is 0 Å². The third kappa shape index (κ3) is 28.7. The molecule has 2 aliphatic rings. The number of phosphoric acid groups is 1. The number of carbonyl (C=O) groups excluding carboxylic acids is 1. The summed E-state index contributed by atoms with van der Waals surface area (Å²) >= 11 is 0. The Balaban J connectivity index is 1.96. The van der Waals surface area contributed by atoms with Crippen molar-refractivity contribution in [2.24, 2.45) is 0 Å². The topological polar surface area (TPSA) is 290 Å². The lowest BCUT2D eigenvalue weighted by Crippen LogP contribution is -2.60. The van der Waals surface area contributed by atoms with E-state index in [1.165, 1.54) is 122 Å². The van der Waals surface area contributed by atoms with Crippen LogP contribution in [0.25, 0.3) is 0 Å². The molecular weight excluding hydrogens is 936 g/mol. The zero-order valence-corrected chi connectivity index (χ0v) is 43.6. The van der Waals surface area contributed by atoms with Crippen LogP contribution in [0, 0.1) is 0 Å². The molecule has 20 heteroatoms. The zero-order chi connectivity index (χ0) is 51.4. The van der Waals surface area contributed by atoms with Crippen LogP contribution in [0.15, 0.2) is 0 Å². The van der Waals surface area contributed by atoms with E-state index >= 15 is 0 Å². The summed E-state index contributed by atoms with van der Waals surface area (Å²) in [5.41, 5.74) is 0. The predicted octanol–water partition coefficient (Wildman–Crippen LogP) is 6.01. The zero-order valence-electron chi connectivity index (χ0n) is 42.7. The Hall–Kier alpha value is -0.940. The van der Waals surface area contributed by atoms with E-state index in [1.807, 2.05) is 0 Å². The SMILES string of the molecule is CCCCCCCCCCCCCCCCO[C@H](COC(=O)CCCCCCCCCCCCCCC)COP(=O)(O)OC(CO[C@H]1O[C@H](CO)[C@@H](O)[C@H](O)[C@@H]1O)CO[C@H]1O[C@H](CO)[C@@H](O)[C@H](O)[C@@H]1O. The van der Waals surface area contributed by atoms with Gasteiger partial charge in [0.2, 0.25) is 0 Å². The maximum absolute atomic E-state index is 13.5. The van der Waals surface area contributed by atoms with E-state index in [1.54, 1.807) is 0 Å². The second kappa shape index (κ2) is 40.4. The summed E-state index contributed by atoms with van der Waals surface area (Å²) in [6, 6.07) is 0. The number of hydrogen-bond donors (Lipinski definition) is 9. The molecule has 416 valence electrons. The van der Waals surface area contributed by atoms with Gasteiger partial charge in [-0.3, -0.25) is 13.8 Å². The van der Waals surface area contributed by atoms with Gasteiger partial charge in [0.15, 0.2) is 12.6 Å². The molecule has 0 radical (unpaired) electrons. The normalized spacial score (nSPS) is 26.4. The van der Waals surface area contributed by atoms with E-state index in [4.69, 9.17) is 37.5 Å². The van der Waals surface area contributed by atoms with Crippen LogP contribution in [0.3, 0.4) is 0 Å². The Bertz CT molecular complexity index is 1260. The summed E-state index contributed by atoms with van der Waals surface area (Å²) in [6.45, 7) is 1.02. The van der Waals surface area contributed by atoms with E-state index in [-0.39, 0.29) is 19.6 Å². The number of hydrogen-bond acceptors (Lipinski definition) is 18. The Morgan fingerprint density at radius 3 is 1.24 bits per heavy atom. The second-order valence-corrected chi connectivity index (χ2v) is 20.7. The first-order chi connectivity index (χ1) is 33.8. The van der Waals surface area contributed by atoms with Crippen LogP contribution in [0.2, 0.25) is 0 Å². The minimum absolute atomic E-state index is 0.219. The molecule has 0 aromatic carbocycles. The van der Waals surface area contributed by atoms with Crippen molar-refractivity contribution in [3.05, 3.63) is 0 Å². The standard InChI is InChI=1S/C50H97O19P/c1-3-5-7-9-11-13-15-17-19-21-23-25-27-29-31-62-38(34-63-42(53)30-28-26-24-22-20-18-16-14-12-10-8-6-4-2)37-66-70(60,61)69-39(35-64-49-47(58)45(56)43(54)40(32-51)67-49)36-65-50-48(59)46(57)44(55)41(33-52)68-50/h38-41,43-52,54-59H,3-37H2,1-2H3,(H,60,61)/t38-,40-,41-,43-,44-,45+,46+,47+,48+,49+,50+/m1/s1. The van der Waals surface area contributed by atoms with E-state index in [0.717, 1.165) is 38.5 Å². The Morgan fingerprint density at radius 2 is 0.857 bits per heavy atom.